The van der Waals surface area contributed by atoms with Gasteiger partial charge in [0, 0.05) is 44.1 Å². The fraction of sp³-hybridized carbons (Fsp3) is 0.450. The number of nitrogens with zero attached hydrogens (tertiary/aromatic N) is 3. The van der Waals surface area contributed by atoms with E-state index in [1.807, 2.05) is 24.3 Å². The summed E-state index contributed by atoms with van der Waals surface area (Å²) in [6, 6.07) is 10.2. The van der Waals surface area contributed by atoms with Crippen molar-refractivity contribution in [2.45, 2.75) is 46.3 Å². The van der Waals surface area contributed by atoms with Crippen LogP contribution in [0, 0.1) is 0 Å². The molecule has 0 radical (unpaired) electrons. The summed E-state index contributed by atoms with van der Waals surface area (Å²) in [5.41, 5.74) is 1.48. The van der Waals surface area contributed by atoms with Crippen molar-refractivity contribution < 1.29 is 4.79 Å². The number of carbonyl (C=O) groups excluding carboxylic acids is 1. The van der Waals surface area contributed by atoms with Crippen LogP contribution in [0.2, 0.25) is 0 Å². The molecular formula is C20H29N5O. The largest absolute Gasteiger partial charge is 0.366 e. The highest BCUT2D eigenvalue weighted by atomic mass is 16.1. The summed E-state index contributed by atoms with van der Waals surface area (Å²) in [5.74, 6) is 0.523. The van der Waals surface area contributed by atoms with Gasteiger partial charge in [-0.2, -0.15) is 0 Å². The zero-order valence-electron chi connectivity index (χ0n) is 16.1. The second-order valence-electron chi connectivity index (χ2n) is 6.80. The molecule has 0 aromatic carbocycles. The normalized spacial score (nSPS) is 11.2. The quantitative estimate of drug-likeness (QED) is 0.724. The number of pyridine rings is 2. The van der Waals surface area contributed by atoms with Gasteiger partial charge in [-0.1, -0.05) is 12.1 Å². The Balaban J connectivity index is 1.87. The molecule has 0 aliphatic heterocycles. The third-order valence-electron chi connectivity index (χ3n) is 4.16. The van der Waals surface area contributed by atoms with E-state index < -0.39 is 0 Å². The zero-order chi connectivity index (χ0) is 18.9. The fourth-order valence-electron chi connectivity index (χ4n) is 2.86. The van der Waals surface area contributed by atoms with E-state index in [1.54, 1.807) is 18.5 Å². The van der Waals surface area contributed by atoms with Gasteiger partial charge in [-0.05, 0) is 51.5 Å². The molecule has 26 heavy (non-hydrogen) atoms. The van der Waals surface area contributed by atoms with Gasteiger partial charge in [-0.3, -0.25) is 14.7 Å². The SMILES string of the molecule is CC(C)N(CCNC(=O)c1cccc(NCc2cccnc2)n1)C(C)C. The van der Waals surface area contributed by atoms with E-state index in [0.717, 1.165) is 12.1 Å². The summed E-state index contributed by atoms with van der Waals surface area (Å²) < 4.78 is 0. The van der Waals surface area contributed by atoms with Crippen molar-refractivity contribution in [3.05, 3.63) is 54.0 Å². The Bertz CT molecular complexity index is 680. The van der Waals surface area contributed by atoms with Gasteiger partial charge in [0.15, 0.2) is 0 Å². The minimum absolute atomic E-state index is 0.150. The van der Waals surface area contributed by atoms with E-state index >= 15 is 0 Å². The number of rotatable bonds is 9. The van der Waals surface area contributed by atoms with Gasteiger partial charge >= 0.3 is 0 Å². The van der Waals surface area contributed by atoms with Crippen molar-refractivity contribution in [3.63, 3.8) is 0 Å². The smallest absolute Gasteiger partial charge is 0.270 e. The highest BCUT2D eigenvalue weighted by molar-refractivity contribution is 5.92. The number of anilines is 1. The van der Waals surface area contributed by atoms with Crippen molar-refractivity contribution in [1.29, 1.82) is 0 Å². The first-order valence-electron chi connectivity index (χ1n) is 9.11. The van der Waals surface area contributed by atoms with Crippen LogP contribution in [0.15, 0.2) is 42.7 Å². The van der Waals surface area contributed by atoms with Crippen molar-refractivity contribution in [3.8, 4) is 0 Å². The lowest BCUT2D eigenvalue weighted by atomic mass is 10.2. The van der Waals surface area contributed by atoms with Gasteiger partial charge < -0.3 is 10.6 Å². The maximum absolute atomic E-state index is 12.4. The summed E-state index contributed by atoms with van der Waals surface area (Å²) in [5, 5.41) is 6.18. The van der Waals surface area contributed by atoms with E-state index in [1.165, 1.54) is 0 Å². The highest BCUT2D eigenvalue weighted by Crippen LogP contribution is 2.08. The zero-order valence-corrected chi connectivity index (χ0v) is 16.1. The van der Waals surface area contributed by atoms with Gasteiger partial charge in [0.2, 0.25) is 0 Å². The molecule has 2 N–H and O–H groups in total. The molecule has 0 atom stereocenters. The minimum atomic E-state index is -0.150. The van der Waals surface area contributed by atoms with E-state index in [0.29, 0.717) is 36.7 Å². The predicted octanol–water partition coefficient (Wildman–Crippen LogP) is 2.94. The number of nitrogens with one attached hydrogen (secondary N) is 2. The Kier molecular flexibility index (Phi) is 7.53. The van der Waals surface area contributed by atoms with E-state index in [4.69, 9.17) is 0 Å². The summed E-state index contributed by atoms with van der Waals surface area (Å²) in [6.07, 6.45) is 3.55. The molecule has 140 valence electrons. The average Bonchev–Trinajstić information content (AvgIpc) is 2.64. The van der Waals surface area contributed by atoms with Gasteiger partial charge in [-0.25, -0.2) is 4.98 Å². The molecule has 0 unspecified atom stereocenters. The van der Waals surface area contributed by atoms with Crippen LogP contribution in [0.3, 0.4) is 0 Å². The third kappa shape index (κ3) is 6.11. The molecule has 2 aromatic heterocycles. The molecule has 1 amide bonds. The Morgan fingerprint density at radius 1 is 1.12 bits per heavy atom. The predicted molar refractivity (Wildman–Crippen MR) is 105 cm³/mol. The Morgan fingerprint density at radius 2 is 1.88 bits per heavy atom. The molecule has 0 bridgehead atoms. The molecule has 6 heteroatoms. The topological polar surface area (TPSA) is 70.2 Å². The van der Waals surface area contributed by atoms with Crippen LogP contribution in [0.25, 0.3) is 0 Å². The maximum atomic E-state index is 12.4. The minimum Gasteiger partial charge on any atom is -0.366 e. The number of aromatic nitrogens is 2. The van der Waals surface area contributed by atoms with Crippen LogP contribution in [-0.4, -0.2) is 45.9 Å². The Hall–Kier alpha value is -2.47. The third-order valence-corrected chi connectivity index (χ3v) is 4.16. The van der Waals surface area contributed by atoms with Crippen LogP contribution < -0.4 is 10.6 Å². The first-order valence-corrected chi connectivity index (χ1v) is 9.11. The molecule has 0 saturated carbocycles. The first kappa shape index (κ1) is 19.8. The van der Waals surface area contributed by atoms with Crippen LogP contribution in [0.5, 0.6) is 0 Å². The molecule has 2 aromatic rings. The number of hydrogen-bond acceptors (Lipinski definition) is 5. The van der Waals surface area contributed by atoms with E-state index in [9.17, 15) is 4.79 Å². The summed E-state index contributed by atoms with van der Waals surface area (Å²) in [6.45, 7) is 10.7. The average molecular weight is 355 g/mol. The number of amides is 1. The van der Waals surface area contributed by atoms with Gasteiger partial charge in [0.25, 0.3) is 5.91 Å². The Labute approximate surface area is 156 Å². The number of hydrogen-bond donors (Lipinski definition) is 2. The lowest BCUT2D eigenvalue weighted by molar-refractivity contribution is 0.0934. The van der Waals surface area contributed by atoms with Crippen LogP contribution >= 0.6 is 0 Å². The van der Waals surface area contributed by atoms with Crippen LogP contribution in [-0.2, 0) is 6.54 Å². The summed E-state index contributed by atoms with van der Waals surface area (Å²) >= 11 is 0. The van der Waals surface area contributed by atoms with Crippen molar-refractivity contribution >= 4 is 11.7 Å². The molecule has 0 fully saturated rings. The number of carbonyl (C=O) groups is 1. The molecule has 0 aliphatic carbocycles. The lowest BCUT2D eigenvalue weighted by Gasteiger charge is -2.30. The maximum Gasteiger partial charge on any atom is 0.270 e. The molecule has 2 rings (SSSR count). The summed E-state index contributed by atoms with van der Waals surface area (Å²) in [4.78, 5) is 23.2. The molecule has 0 spiro atoms. The molecular weight excluding hydrogens is 326 g/mol. The van der Waals surface area contributed by atoms with Gasteiger partial charge in [-0.15, -0.1) is 0 Å². The first-order chi connectivity index (χ1) is 12.5. The molecule has 0 saturated heterocycles. The molecule has 6 nitrogen and oxygen atoms in total. The van der Waals surface area contributed by atoms with E-state index in [-0.39, 0.29) is 5.91 Å². The van der Waals surface area contributed by atoms with Crippen LogP contribution in [0.4, 0.5) is 5.82 Å². The second kappa shape index (κ2) is 9.87. The monoisotopic (exact) mass is 355 g/mol. The van der Waals surface area contributed by atoms with Crippen LogP contribution in [0.1, 0.15) is 43.7 Å². The van der Waals surface area contributed by atoms with Crippen molar-refractivity contribution in [2.75, 3.05) is 18.4 Å². The Morgan fingerprint density at radius 3 is 2.54 bits per heavy atom. The van der Waals surface area contributed by atoms with E-state index in [2.05, 4.69) is 53.2 Å². The lowest BCUT2D eigenvalue weighted by Crippen LogP contribution is -2.42. The fourth-order valence-corrected chi connectivity index (χ4v) is 2.86. The molecule has 0 aliphatic rings. The van der Waals surface area contributed by atoms with Gasteiger partial charge in [0.05, 0.1) is 0 Å². The molecule has 2 heterocycles. The standard InChI is InChI=1S/C20H29N5O/c1-15(2)25(16(3)4)12-11-22-20(26)18-8-5-9-19(24-18)23-14-17-7-6-10-21-13-17/h5-10,13,15-16H,11-12,14H2,1-4H3,(H,22,26)(H,23,24). The van der Waals surface area contributed by atoms with Crippen molar-refractivity contribution in [1.82, 2.24) is 20.2 Å². The van der Waals surface area contributed by atoms with Crippen molar-refractivity contribution in [2.24, 2.45) is 0 Å². The van der Waals surface area contributed by atoms with Gasteiger partial charge in [0.1, 0.15) is 11.5 Å². The summed E-state index contributed by atoms with van der Waals surface area (Å²) in [7, 11) is 0. The second-order valence-corrected chi connectivity index (χ2v) is 6.80. The highest BCUT2D eigenvalue weighted by Gasteiger charge is 2.14.